The second-order valence-electron chi connectivity index (χ2n) is 3.49. The molecule has 0 bridgehead atoms. The molecule has 0 aromatic carbocycles. The van der Waals surface area contributed by atoms with E-state index in [2.05, 4.69) is 45.7 Å². The van der Waals surface area contributed by atoms with Gasteiger partial charge in [-0.25, -0.2) is 0 Å². The van der Waals surface area contributed by atoms with Gasteiger partial charge in [0.2, 0.25) is 0 Å². The van der Waals surface area contributed by atoms with Crippen LogP contribution in [0.3, 0.4) is 0 Å². The molecule has 74 valence electrons. The van der Waals surface area contributed by atoms with Crippen molar-refractivity contribution in [2.75, 3.05) is 5.33 Å². The quantitative estimate of drug-likeness (QED) is 0.587. The molecule has 0 radical (unpaired) electrons. The van der Waals surface area contributed by atoms with Crippen molar-refractivity contribution >= 4 is 31.9 Å². The Bertz CT molecular complexity index is 94.0. The Balaban J connectivity index is 3.70. The van der Waals surface area contributed by atoms with Crippen LogP contribution in [-0.2, 0) is 0 Å². The third-order valence-electron chi connectivity index (χ3n) is 2.20. The molecule has 0 saturated carbocycles. The maximum atomic E-state index is 3.84. The highest BCUT2D eigenvalue weighted by molar-refractivity contribution is 9.12. The molecule has 0 rings (SSSR count). The van der Waals surface area contributed by atoms with Gasteiger partial charge >= 0.3 is 0 Å². The number of hydrogen-bond acceptors (Lipinski definition) is 0. The number of rotatable bonds is 7. The van der Waals surface area contributed by atoms with Crippen LogP contribution in [0.4, 0.5) is 0 Å². The molecule has 0 N–H and O–H groups in total. The van der Waals surface area contributed by atoms with Crippen LogP contribution >= 0.6 is 31.9 Å². The first-order chi connectivity index (χ1) is 5.68. The third kappa shape index (κ3) is 5.58. The van der Waals surface area contributed by atoms with Crippen molar-refractivity contribution in [2.24, 2.45) is 0 Å². The van der Waals surface area contributed by atoms with E-state index in [9.17, 15) is 0 Å². The summed E-state index contributed by atoms with van der Waals surface area (Å²) in [4.78, 5) is 0. The minimum Gasteiger partial charge on any atom is -0.0913 e. The highest BCUT2D eigenvalue weighted by Crippen LogP contribution is 2.32. The summed E-state index contributed by atoms with van der Waals surface area (Å²) in [6.07, 6.45) is 7.86. The van der Waals surface area contributed by atoms with E-state index < -0.39 is 0 Å². The van der Waals surface area contributed by atoms with E-state index in [1.165, 1.54) is 38.5 Å². The van der Waals surface area contributed by atoms with Crippen molar-refractivity contribution in [1.29, 1.82) is 0 Å². The van der Waals surface area contributed by atoms with Crippen LogP contribution in [0.5, 0.6) is 0 Å². The summed E-state index contributed by atoms with van der Waals surface area (Å²) in [6.45, 7) is 4.50. The number of alkyl halides is 2. The van der Waals surface area contributed by atoms with E-state index in [0.717, 1.165) is 5.33 Å². The Hall–Kier alpha value is 0.960. The summed E-state index contributed by atoms with van der Waals surface area (Å²) in [7, 11) is 0. The van der Waals surface area contributed by atoms with Gasteiger partial charge in [0.25, 0.3) is 0 Å². The summed E-state index contributed by atoms with van der Waals surface area (Å²) >= 11 is 7.43. The highest BCUT2D eigenvalue weighted by Gasteiger charge is 2.23. The second kappa shape index (κ2) is 7.37. The van der Waals surface area contributed by atoms with Crippen molar-refractivity contribution < 1.29 is 0 Å². The topological polar surface area (TPSA) is 0 Å². The molecule has 0 aliphatic carbocycles. The SMILES string of the molecule is CCCCC(Br)(CBr)CCCC. The fraction of sp³-hybridized carbons (Fsp3) is 1.00. The van der Waals surface area contributed by atoms with E-state index in [4.69, 9.17) is 0 Å². The molecule has 0 unspecified atom stereocenters. The molecule has 0 fully saturated rings. The van der Waals surface area contributed by atoms with Crippen LogP contribution in [0, 0.1) is 0 Å². The molecule has 0 heterocycles. The lowest BCUT2D eigenvalue weighted by Crippen LogP contribution is -2.22. The van der Waals surface area contributed by atoms with Crippen molar-refractivity contribution in [3.8, 4) is 0 Å². The van der Waals surface area contributed by atoms with Crippen LogP contribution in [0.2, 0.25) is 0 Å². The minimum atomic E-state index is 0.374. The zero-order valence-electron chi connectivity index (χ0n) is 8.21. The molecular weight excluding hydrogens is 280 g/mol. The molecule has 0 aliphatic rings. The molecule has 0 aromatic heterocycles. The van der Waals surface area contributed by atoms with Crippen LogP contribution < -0.4 is 0 Å². The van der Waals surface area contributed by atoms with Crippen LogP contribution in [0.25, 0.3) is 0 Å². The van der Waals surface area contributed by atoms with Gasteiger partial charge in [0.05, 0.1) is 0 Å². The van der Waals surface area contributed by atoms with E-state index in [1.54, 1.807) is 0 Å². The highest BCUT2D eigenvalue weighted by atomic mass is 79.9. The van der Waals surface area contributed by atoms with Crippen molar-refractivity contribution in [3.63, 3.8) is 0 Å². The van der Waals surface area contributed by atoms with Gasteiger partial charge in [0.1, 0.15) is 0 Å². The molecule has 2 heteroatoms. The normalized spacial score (nSPS) is 12.0. The molecule has 0 amide bonds. The fourth-order valence-corrected chi connectivity index (χ4v) is 2.37. The first-order valence-corrected chi connectivity index (χ1v) is 6.85. The van der Waals surface area contributed by atoms with Gasteiger partial charge in [-0.1, -0.05) is 71.4 Å². The molecule has 0 spiro atoms. The Kier molecular flexibility index (Phi) is 7.96. The van der Waals surface area contributed by atoms with E-state index in [1.807, 2.05) is 0 Å². The lowest BCUT2D eigenvalue weighted by molar-refractivity contribution is 0.515. The first kappa shape index (κ1) is 13.0. The summed E-state index contributed by atoms with van der Waals surface area (Å²) < 4.78 is 0.374. The van der Waals surface area contributed by atoms with Gasteiger partial charge in [0.15, 0.2) is 0 Å². The van der Waals surface area contributed by atoms with Crippen molar-refractivity contribution in [2.45, 2.75) is 56.7 Å². The maximum Gasteiger partial charge on any atom is 0.0354 e. The first-order valence-electron chi connectivity index (χ1n) is 4.93. The molecule has 0 atom stereocenters. The predicted molar refractivity (Wildman–Crippen MR) is 64.5 cm³/mol. The molecule has 0 saturated heterocycles. The van der Waals surface area contributed by atoms with E-state index in [0.29, 0.717) is 4.32 Å². The molecule has 0 nitrogen and oxygen atoms in total. The van der Waals surface area contributed by atoms with Gasteiger partial charge in [-0.3, -0.25) is 0 Å². The standard InChI is InChI=1S/C10H20Br2/c1-3-5-7-10(12,9-11)8-6-4-2/h3-9H2,1-2H3. The van der Waals surface area contributed by atoms with Crippen molar-refractivity contribution in [1.82, 2.24) is 0 Å². The zero-order chi connectivity index (χ0) is 9.45. The molecule has 0 aromatic rings. The second-order valence-corrected chi connectivity index (χ2v) is 5.73. The minimum absolute atomic E-state index is 0.374. The number of hydrogen-bond donors (Lipinski definition) is 0. The molecule has 12 heavy (non-hydrogen) atoms. The van der Waals surface area contributed by atoms with Crippen LogP contribution in [0.15, 0.2) is 0 Å². The van der Waals surface area contributed by atoms with Gasteiger partial charge in [-0.05, 0) is 12.8 Å². The Labute approximate surface area is 93.8 Å². The summed E-state index contributed by atoms with van der Waals surface area (Å²) in [5.74, 6) is 0. The van der Waals surface area contributed by atoms with Crippen molar-refractivity contribution in [3.05, 3.63) is 0 Å². The zero-order valence-corrected chi connectivity index (χ0v) is 11.4. The Morgan fingerprint density at radius 1 is 1.00 bits per heavy atom. The average Bonchev–Trinajstić information content (AvgIpc) is 2.11. The monoisotopic (exact) mass is 298 g/mol. The summed E-state index contributed by atoms with van der Waals surface area (Å²) in [5.41, 5.74) is 0. The van der Waals surface area contributed by atoms with Gasteiger partial charge in [0, 0.05) is 9.65 Å². The fourth-order valence-electron chi connectivity index (χ4n) is 1.25. The van der Waals surface area contributed by atoms with E-state index >= 15 is 0 Å². The van der Waals surface area contributed by atoms with Gasteiger partial charge in [-0.2, -0.15) is 0 Å². The summed E-state index contributed by atoms with van der Waals surface area (Å²) in [6, 6.07) is 0. The van der Waals surface area contributed by atoms with Crippen LogP contribution in [-0.4, -0.2) is 9.65 Å². The van der Waals surface area contributed by atoms with Gasteiger partial charge < -0.3 is 0 Å². The van der Waals surface area contributed by atoms with Crippen LogP contribution in [0.1, 0.15) is 52.4 Å². The Morgan fingerprint density at radius 2 is 1.42 bits per heavy atom. The average molecular weight is 300 g/mol. The molecule has 0 aliphatic heterocycles. The summed E-state index contributed by atoms with van der Waals surface area (Å²) in [5, 5.41) is 1.08. The lowest BCUT2D eigenvalue weighted by atomic mass is 9.98. The predicted octanol–water partition coefficient (Wildman–Crippen LogP) is 4.90. The largest absolute Gasteiger partial charge is 0.0913 e. The smallest absolute Gasteiger partial charge is 0.0354 e. The number of unbranched alkanes of at least 4 members (excludes halogenated alkanes) is 2. The van der Waals surface area contributed by atoms with E-state index in [-0.39, 0.29) is 0 Å². The lowest BCUT2D eigenvalue weighted by Gasteiger charge is -2.24. The number of halogens is 2. The molecular formula is C10H20Br2. The Morgan fingerprint density at radius 3 is 1.67 bits per heavy atom. The van der Waals surface area contributed by atoms with Gasteiger partial charge in [-0.15, -0.1) is 0 Å². The third-order valence-corrected chi connectivity index (χ3v) is 5.10. The maximum absolute atomic E-state index is 3.84.